The quantitative estimate of drug-likeness (QED) is 0.638. The van der Waals surface area contributed by atoms with Gasteiger partial charge >= 0.3 is 6.36 Å². The lowest BCUT2D eigenvalue weighted by molar-refractivity contribution is -0.274. The maximum atomic E-state index is 14.4. The number of halogens is 5. The lowest BCUT2D eigenvalue weighted by atomic mass is 10.1. The Bertz CT molecular complexity index is 885. The van der Waals surface area contributed by atoms with E-state index in [2.05, 4.69) is 19.8 Å². The van der Waals surface area contributed by atoms with E-state index < -0.39 is 24.9 Å². The van der Waals surface area contributed by atoms with Gasteiger partial charge in [-0.05, 0) is 23.8 Å². The summed E-state index contributed by atoms with van der Waals surface area (Å²) in [5, 5.41) is 13.3. The van der Waals surface area contributed by atoms with Crippen LogP contribution in [0.1, 0.15) is 18.2 Å². The van der Waals surface area contributed by atoms with Crippen molar-refractivity contribution in [3.63, 3.8) is 0 Å². The molecule has 3 atom stereocenters. The van der Waals surface area contributed by atoms with Crippen molar-refractivity contribution in [3.05, 3.63) is 60.9 Å². The molecule has 0 amide bonds. The zero-order chi connectivity index (χ0) is 20.3. The summed E-state index contributed by atoms with van der Waals surface area (Å²) in [4.78, 5) is 7.38. The first-order valence-corrected chi connectivity index (χ1v) is 7.87. The molecule has 0 aliphatic rings. The van der Waals surface area contributed by atoms with Crippen molar-refractivity contribution in [1.82, 2.24) is 19.7 Å². The first-order chi connectivity index (χ1) is 13.2. The number of alkyl halides is 5. The molecule has 0 radical (unpaired) electrons. The average molecular weight is 400 g/mol. The van der Waals surface area contributed by atoms with E-state index in [-0.39, 0.29) is 11.4 Å². The fourth-order valence-corrected chi connectivity index (χ4v) is 2.40. The highest BCUT2D eigenvalue weighted by Gasteiger charge is 2.32. The van der Waals surface area contributed by atoms with Gasteiger partial charge in [0.1, 0.15) is 24.5 Å². The zero-order valence-corrected chi connectivity index (χ0v) is 14.0. The van der Waals surface area contributed by atoms with Crippen molar-refractivity contribution in [2.24, 2.45) is 0 Å². The Morgan fingerprint density at radius 3 is 2.21 bits per heavy atom. The maximum absolute atomic E-state index is 14.4. The maximum Gasteiger partial charge on any atom is 0.573 e. The van der Waals surface area contributed by atoms with E-state index in [1.165, 1.54) is 30.5 Å². The SMILES string of the molecule is OC(C(F)c1ccc(-c2ccc(OC(F)(F)F)cc2)cn1)C(F)n1cncn1. The lowest BCUT2D eigenvalue weighted by Gasteiger charge is -2.19. The largest absolute Gasteiger partial charge is 0.573 e. The van der Waals surface area contributed by atoms with Crippen LogP contribution < -0.4 is 4.74 Å². The van der Waals surface area contributed by atoms with Gasteiger partial charge in [0.25, 0.3) is 0 Å². The fraction of sp³-hybridized carbons (Fsp3) is 0.235. The Kier molecular flexibility index (Phi) is 5.54. The number of nitrogens with zero attached hydrogens (tertiary/aromatic N) is 4. The van der Waals surface area contributed by atoms with E-state index >= 15 is 0 Å². The Morgan fingerprint density at radius 2 is 1.68 bits per heavy atom. The molecule has 148 valence electrons. The molecular weight excluding hydrogens is 387 g/mol. The minimum atomic E-state index is -4.79. The molecule has 0 spiro atoms. The third-order valence-electron chi connectivity index (χ3n) is 3.76. The van der Waals surface area contributed by atoms with Gasteiger partial charge in [0.05, 0.1) is 5.69 Å². The first-order valence-electron chi connectivity index (χ1n) is 7.87. The van der Waals surface area contributed by atoms with Crippen LogP contribution >= 0.6 is 0 Å². The second kappa shape index (κ2) is 7.89. The van der Waals surface area contributed by atoms with Crippen molar-refractivity contribution in [2.45, 2.75) is 24.9 Å². The standard InChI is InChI=1S/C17H13F5N4O2/c18-14(15(27)16(19)26-9-23-8-25-26)13-6-3-11(7-24-13)10-1-4-12(5-2-10)28-17(20,21)22/h1-9,14-16,27H. The van der Waals surface area contributed by atoms with Crippen LogP contribution in [0.4, 0.5) is 22.0 Å². The Labute approximate surface area is 155 Å². The summed E-state index contributed by atoms with van der Waals surface area (Å²) >= 11 is 0. The van der Waals surface area contributed by atoms with Crippen LogP contribution in [0.25, 0.3) is 11.1 Å². The van der Waals surface area contributed by atoms with E-state index in [1.54, 1.807) is 0 Å². The molecular formula is C17H13F5N4O2. The molecule has 0 aliphatic heterocycles. The molecule has 0 saturated heterocycles. The van der Waals surface area contributed by atoms with E-state index in [0.717, 1.165) is 24.8 Å². The molecule has 2 aromatic heterocycles. The summed E-state index contributed by atoms with van der Waals surface area (Å²) < 4.78 is 69.4. The summed E-state index contributed by atoms with van der Waals surface area (Å²) in [6.45, 7) is 0. The summed E-state index contributed by atoms with van der Waals surface area (Å²) in [7, 11) is 0. The van der Waals surface area contributed by atoms with Crippen molar-refractivity contribution >= 4 is 0 Å². The summed E-state index contributed by atoms with van der Waals surface area (Å²) in [5.41, 5.74) is 0.781. The van der Waals surface area contributed by atoms with Crippen LogP contribution in [0, 0.1) is 0 Å². The molecule has 1 N–H and O–H groups in total. The van der Waals surface area contributed by atoms with Crippen LogP contribution in [0.3, 0.4) is 0 Å². The predicted molar refractivity (Wildman–Crippen MR) is 86.4 cm³/mol. The number of rotatable bonds is 6. The topological polar surface area (TPSA) is 73.1 Å². The summed E-state index contributed by atoms with van der Waals surface area (Å²) in [5.74, 6) is -0.380. The predicted octanol–water partition coefficient (Wildman–Crippen LogP) is 3.78. The average Bonchev–Trinajstić information content (AvgIpc) is 3.20. The van der Waals surface area contributed by atoms with Crippen molar-refractivity contribution in [3.8, 4) is 16.9 Å². The van der Waals surface area contributed by atoms with Crippen molar-refractivity contribution < 1.29 is 31.8 Å². The lowest BCUT2D eigenvalue weighted by Crippen LogP contribution is -2.26. The fourth-order valence-electron chi connectivity index (χ4n) is 2.40. The van der Waals surface area contributed by atoms with Gasteiger partial charge < -0.3 is 9.84 Å². The third kappa shape index (κ3) is 4.60. The molecule has 3 rings (SSSR count). The monoisotopic (exact) mass is 400 g/mol. The number of aliphatic hydroxyl groups is 1. The zero-order valence-electron chi connectivity index (χ0n) is 14.0. The Hall–Kier alpha value is -3.08. The number of aliphatic hydroxyl groups excluding tert-OH is 1. The number of hydrogen-bond donors (Lipinski definition) is 1. The minimum Gasteiger partial charge on any atom is -0.406 e. The van der Waals surface area contributed by atoms with Crippen LogP contribution in [0.2, 0.25) is 0 Å². The van der Waals surface area contributed by atoms with Gasteiger partial charge in [-0.15, -0.1) is 13.2 Å². The Balaban J connectivity index is 1.70. The van der Waals surface area contributed by atoms with Gasteiger partial charge in [-0.3, -0.25) is 4.98 Å². The second-order valence-electron chi connectivity index (χ2n) is 5.68. The Morgan fingerprint density at radius 1 is 1.00 bits per heavy atom. The number of ether oxygens (including phenoxy) is 1. The smallest absolute Gasteiger partial charge is 0.406 e. The highest BCUT2D eigenvalue weighted by atomic mass is 19.4. The number of benzene rings is 1. The van der Waals surface area contributed by atoms with Crippen molar-refractivity contribution in [1.29, 1.82) is 0 Å². The van der Waals surface area contributed by atoms with Crippen LogP contribution in [0.5, 0.6) is 5.75 Å². The van der Waals surface area contributed by atoms with Crippen LogP contribution in [-0.4, -0.2) is 37.3 Å². The molecule has 3 aromatic rings. The molecule has 3 unspecified atom stereocenters. The molecule has 0 aliphatic carbocycles. The van der Waals surface area contributed by atoms with Crippen LogP contribution in [-0.2, 0) is 0 Å². The highest BCUT2D eigenvalue weighted by molar-refractivity contribution is 5.63. The molecule has 0 fully saturated rings. The first kappa shape index (κ1) is 19.7. The van der Waals surface area contributed by atoms with Crippen LogP contribution in [0.15, 0.2) is 55.2 Å². The molecule has 1 aromatic carbocycles. The van der Waals surface area contributed by atoms with Gasteiger partial charge in [-0.25, -0.2) is 18.4 Å². The molecule has 0 bridgehead atoms. The molecule has 0 saturated carbocycles. The highest BCUT2D eigenvalue weighted by Crippen LogP contribution is 2.30. The number of pyridine rings is 1. The minimum absolute atomic E-state index is 0.212. The van der Waals surface area contributed by atoms with E-state index in [0.29, 0.717) is 15.8 Å². The van der Waals surface area contributed by atoms with E-state index in [1.807, 2.05) is 0 Å². The van der Waals surface area contributed by atoms with Gasteiger partial charge in [-0.1, -0.05) is 18.2 Å². The van der Waals surface area contributed by atoms with Gasteiger partial charge in [0, 0.05) is 11.8 Å². The van der Waals surface area contributed by atoms with Gasteiger partial charge in [0.2, 0.25) is 6.30 Å². The number of hydrogen-bond acceptors (Lipinski definition) is 5. The van der Waals surface area contributed by atoms with Gasteiger partial charge in [-0.2, -0.15) is 5.10 Å². The van der Waals surface area contributed by atoms with Gasteiger partial charge in [0.15, 0.2) is 6.17 Å². The summed E-state index contributed by atoms with van der Waals surface area (Å²) in [6, 6.07) is 7.71. The number of aromatic nitrogens is 4. The molecule has 11 heteroatoms. The third-order valence-corrected chi connectivity index (χ3v) is 3.76. The molecule has 6 nitrogen and oxygen atoms in total. The van der Waals surface area contributed by atoms with E-state index in [9.17, 15) is 27.1 Å². The normalized spacial score (nSPS) is 15.1. The van der Waals surface area contributed by atoms with E-state index in [4.69, 9.17) is 0 Å². The second-order valence-corrected chi connectivity index (χ2v) is 5.68. The molecule has 2 heterocycles. The van der Waals surface area contributed by atoms with Crippen molar-refractivity contribution in [2.75, 3.05) is 0 Å². The summed E-state index contributed by atoms with van der Waals surface area (Å²) in [6.07, 6.45) is -7.82. The molecule has 28 heavy (non-hydrogen) atoms.